The van der Waals surface area contributed by atoms with Gasteiger partial charge in [-0.05, 0) is 29.8 Å². The van der Waals surface area contributed by atoms with E-state index in [-0.39, 0.29) is 11.3 Å². The highest BCUT2D eigenvalue weighted by Gasteiger charge is 2.09. The van der Waals surface area contributed by atoms with Crippen LogP contribution in [0.4, 0.5) is 4.39 Å². The predicted molar refractivity (Wildman–Crippen MR) is 75.7 cm³/mol. The fraction of sp³-hybridized carbons (Fsp3) is 0.0714. The number of pyridine rings is 1. The summed E-state index contributed by atoms with van der Waals surface area (Å²) < 4.78 is 13.8. The number of primary amides is 1. The van der Waals surface area contributed by atoms with E-state index >= 15 is 0 Å². The molecule has 21 heavy (non-hydrogen) atoms. The Balaban J connectivity index is 2.11. The van der Waals surface area contributed by atoms with Crippen molar-refractivity contribution in [2.24, 2.45) is 5.73 Å². The first-order chi connectivity index (χ1) is 9.97. The van der Waals surface area contributed by atoms with Gasteiger partial charge in [0.15, 0.2) is 0 Å². The van der Waals surface area contributed by atoms with Gasteiger partial charge in [-0.15, -0.1) is 11.8 Å². The number of carboxylic acid groups (broad SMARTS) is 1. The summed E-state index contributed by atoms with van der Waals surface area (Å²) in [4.78, 5) is 26.1. The molecule has 0 atom stereocenters. The van der Waals surface area contributed by atoms with Gasteiger partial charge in [0, 0.05) is 22.4 Å². The van der Waals surface area contributed by atoms with Gasteiger partial charge < -0.3 is 10.8 Å². The van der Waals surface area contributed by atoms with Gasteiger partial charge in [0.2, 0.25) is 5.91 Å². The fourth-order valence-electron chi connectivity index (χ4n) is 1.60. The lowest BCUT2D eigenvalue weighted by molar-refractivity contribution is 0.0690. The van der Waals surface area contributed by atoms with Gasteiger partial charge in [0.05, 0.1) is 0 Å². The van der Waals surface area contributed by atoms with Crippen LogP contribution in [0.1, 0.15) is 26.4 Å². The van der Waals surface area contributed by atoms with E-state index < -0.39 is 17.7 Å². The molecule has 0 aliphatic carbocycles. The maximum absolute atomic E-state index is 13.8. The number of hydrogen-bond acceptors (Lipinski definition) is 4. The summed E-state index contributed by atoms with van der Waals surface area (Å²) >= 11 is 1.27. The summed E-state index contributed by atoms with van der Waals surface area (Å²) in [6.07, 6.45) is 1.39. The molecule has 2 aromatic rings. The summed E-state index contributed by atoms with van der Waals surface area (Å²) in [5.41, 5.74) is 5.52. The first-order valence-corrected chi connectivity index (χ1v) is 6.86. The van der Waals surface area contributed by atoms with E-state index in [1.165, 1.54) is 36.2 Å². The zero-order valence-corrected chi connectivity index (χ0v) is 11.6. The van der Waals surface area contributed by atoms with E-state index in [2.05, 4.69) is 4.98 Å². The monoisotopic (exact) mass is 306 g/mol. The van der Waals surface area contributed by atoms with Gasteiger partial charge in [0.1, 0.15) is 11.5 Å². The van der Waals surface area contributed by atoms with Crippen molar-refractivity contribution in [3.63, 3.8) is 0 Å². The molecule has 0 aliphatic rings. The first kappa shape index (κ1) is 15.0. The minimum atomic E-state index is -1.12. The molecule has 0 spiro atoms. The number of thioether (sulfide) groups is 1. The number of carbonyl (C=O) groups excluding carboxylic acids is 1. The van der Waals surface area contributed by atoms with Crippen molar-refractivity contribution in [2.75, 3.05) is 0 Å². The Kier molecular flexibility index (Phi) is 4.54. The number of amides is 1. The van der Waals surface area contributed by atoms with Crippen LogP contribution in [-0.2, 0) is 5.75 Å². The average molecular weight is 306 g/mol. The minimum absolute atomic E-state index is 0.0652. The van der Waals surface area contributed by atoms with Crippen molar-refractivity contribution in [1.82, 2.24) is 4.98 Å². The van der Waals surface area contributed by atoms with E-state index in [0.717, 1.165) is 6.07 Å². The molecule has 0 saturated carbocycles. The van der Waals surface area contributed by atoms with Gasteiger partial charge in [-0.25, -0.2) is 14.2 Å². The van der Waals surface area contributed by atoms with Crippen LogP contribution in [0.3, 0.4) is 0 Å². The van der Waals surface area contributed by atoms with Crippen LogP contribution in [0, 0.1) is 5.82 Å². The van der Waals surface area contributed by atoms with Crippen LogP contribution < -0.4 is 5.73 Å². The maximum Gasteiger partial charge on any atom is 0.354 e. The summed E-state index contributed by atoms with van der Waals surface area (Å²) in [6.45, 7) is 0. The van der Waals surface area contributed by atoms with Crippen molar-refractivity contribution in [2.45, 2.75) is 10.6 Å². The topological polar surface area (TPSA) is 93.3 Å². The lowest BCUT2D eigenvalue weighted by Crippen LogP contribution is -2.11. The molecule has 7 heteroatoms. The molecule has 3 N–H and O–H groups in total. The van der Waals surface area contributed by atoms with E-state index in [1.807, 2.05) is 0 Å². The molecule has 0 unspecified atom stereocenters. The zero-order chi connectivity index (χ0) is 15.4. The number of nitrogens with zero attached hydrogens (tertiary/aromatic N) is 1. The van der Waals surface area contributed by atoms with Crippen LogP contribution in [0.25, 0.3) is 0 Å². The minimum Gasteiger partial charge on any atom is -0.477 e. The van der Waals surface area contributed by atoms with Gasteiger partial charge >= 0.3 is 5.97 Å². The number of aromatic nitrogens is 1. The highest BCUT2D eigenvalue weighted by Crippen LogP contribution is 2.24. The van der Waals surface area contributed by atoms with Crippen molar-refractivity contribution in [3.8, 4) is 0 Å². The second kappa shape index (κ2) is 6.36. The van der Waals surface area contributed by atoms with Crippen LogP contribution in [0.5, 0.6) is 0 Å². The number of halogens is 1. The molecule has 5 nitrogen and oxygen atoms in total. The lowest BCUT2D eigenvalue weighted by atomic mass is 10.1. The molecular formula is C14H11FN2O3S. The van der Waals surface area contributed by atoms with E-state index in [4.69, 9.17) is 10.8 Å². The van der Waals surface area contributed by atoms with Crippen molar-refractivity contribution in [3.05, 3.63) is 59.2 Å². The fourth-order valence-corrected chi connectivity index (χ4v) is 2.50. The second-order valence-electron chi connectivity index (χ2n) is 4.14. The third-order valence-electron chi connectivity index (χ3n) is 2.68. The number of hydrogen-bond donors (Lipinski definition) is 2. The Bertz CT molecular complexity index is 706. The van der Waals surface area contributed by atoms with Crippen molar-refractivity contribution < 1.29 is 19.1 Å². The summed E-state index contributed by atoms with van der Waals surface area (Å²) in [5.74, 6) is -2.03. The van der Waals surface area contributed by atoms with Gasteiger partial charge in [-0.3, -0.25) is 4.79 Å². The summed E-state index contributed by atoms with van der Waals surface area (Å²) in [6, 6.07) is 7.10. The highest BCUT2D eigenvalue weighted by molar-refractivity contribution is 7.98. The Hall–Kier alpha value is -2.41. The van der Waals surface area contributed by atoms with Crippen molar-refractivity contribution in [1.29, 1.82) is 0 Å². The molecule has 2 rings (SSSR count). The largest absolute Gasteiger partial charge is 0.477 e. The number of nitrogens with two attached hydrogens (primary N) is 1. The number of carboxylic acids is 1. The van der Waals surface area contributed by atoms with Crippen LogP contribution >= 0.6 is 11.8 Å². The molecule has 0 bridgehead atoms. The summed E-state index contributed by atoms with van der Waals surface area (Å²) in [7, 11) is 0. The Morgan fingerprint density at radius 1 is 1.29 bits per heavy atom. The third-order valence-corrected chi connectivity index (χ3v) is 3.73. The smallest absolute Gasteiger partial charge is 0.354 e. The predicted octanol–water partition coefficient (Wildman–Crippen LogP) is 2.31. The first-order valence-electron chi connectivity index (χ1n) is 5.88. The van der Waals surface area contributed by atoms with Gasteiger partial charge in [-0.1, -0.05) is 6.07 Å². The van der Waals surface area contributed by atoms with E-state index in [0.29, 0.717) is 16.2 Å². The van der Waals surface area contributed by atoms with E-state index in [1.54, 1.807) is 6.07 Å². The van der Waals surface area contributed by atoms with Crippen LogP contribution in [-0.4, -0.2) is 22.0 Å². The quantitative estimate of drug-likeness (QED) is 0.827. The molecule has 1 heterocycles. The molecule has 0 fully saturated rings. The molecule has 1 amide bonds. The number of aromatic carboxylic acids is 1. The molecule has 0 radical (unpaired) electrons. The zero-order valence-electron chi connectivity index (χ0n) is 10.7. The highest BCUT2D eigenvalue weighted by atomic mass is 32.2. The third kappa shape index (κ3) is 3.79. The Morgan fingerprint density at radius 2 is 2.05 bits per heavy atom. The maximum atomic E-state index is 13.8. The Morgan fingerprint density at radius 3 is 2.67 bits per heavy atom. The molecule has 0 saturated heterocycles. The molecule has 0 aliphatic heterocycles. The number of rotatable bonds is 5. The normalized spacial score (nSPS) is 10.3. The van der Waals surface area contributed by atoms with Crippen molar-refractivity contribution >= 4 is 23.6 Å². The molecular weight excluding hydrogens is 295 g/mol. The van der Waals surface area contributed by atoms with E-state index in [9.17, 15) is 14.0 Å². The van der Waals surface area contributed by atoms with Gasteiger partial charge in [0.25, 0.3) is 0 Å². The SMILES string of the molecule is NC(=O)c1ccc(CSc2ccnc(C(=O)O)c2)c(F)c1. The average Bonchev–Trinajstić information content (AvgIpc) is 2.46. The number of benzene rings is 1. The van der Waals surface area contributed by atoms with Crippen LogP contribution in [0.2, 0.25) is 0 Å². The van der Waals surface area contributed by atoms with Crippen LogP contribution in [0.15, 0.2) is 41.4 Å². The second-order valence-corrected chi connectivity index (χ2v) is 5.19. The number of carbonyl (C=O) groups is 2. The lowest BCUT2D eigenvalue weighted by Gasteiger charge is -2.05. The Labute approximate surface area is 124 Å². The molecule has 1 aromatic heterocycles. The standard InChI is InChI=1S/C14H11FN2O3S/c15-11-5-8(13(16)18)1-2-9(11)7-21-10-3-4-17-12(6-10)14(19)20/h1-6H,7H2,(H2,16,18)(H,19,20). The molecule has 1 aromatic carbocycles. The summed E-state index contributed by atoms with van der Waals surface area (Å²) in [5, 5.41) is 8.85. The molecule has 108 valence electrons. The van der Waals surface area contributed by atoms with Gasteiger partial charge in [-0.2, -0.15) is 0 Å².